The fourth-order valence-electron chi connectivity index (χ4n) is 3.70. The molecule has 1 aliphatic heterocycles. The van der Waals surface area contributed by atoms with Crippen LogP contribution in [0.25, 0.3) is 5.69 Å². The molecule has 1 aliphatic rings. The number of hydrogen-bond acceptors (Lipinski definition) is 3. The summed E-state index contributed by atoms with van der Waals surface area (Å²) in [6.07, 6.45) is 3.90. The van der Waals surface area contributed by atoms with Crippen LogP contribution in [0.3, 0.4) is 0 Å². The van der Waals surface area contributed by atoms with Gasteiger partial charge in [0.2, 0.25) is 0 Å². The van der Waals surface area contributed by atoms with Crippen molar-refractivity contribution in [2.24, 2.45) is 0 Å². The minimum atomic E-state index is -0.00194. The maximum absolute atomic E-state index is 5.63. The second-order valence-electron chi connectivity index (χ2n) is 6.42. The number of ether oxygens (including phenoxy) is 1. The number of thiocarbonyl (C=S) groups is 1. The molecule has 0 spiro atoms. The number of nitrogens with one attached hydrogen (secondary N) is 1. The maximum Gasteiger partial charge on any atom is 0.170 e. The Bertz CT molecular complexity index is 940. The Morgan fingerprint density at radius 2 is 2.04 bits per heavy atom. The highest BCUT2D eigenvalue weighted by molar-refractivity contribution is 7.80. The molecule has 0 radical (unpaired) electrons. The highest BCUT2D eigenvalue weighted by Gasteiger charge is 2.40. The van der Waals surface area contributed by atoms with E-state index < -0.39 is 0 Å². The largest absolute Gasteiger partial charge is 0.497 e. The van der Waals surface area contributed by atoms with Gasteiger partial charge in [0.25, 0.3) is 0 Å². The topological polar surface area (TPSA) is 42.3 Å². The predicted molar refractivity (Wildman–Crippen MR) is 110 cm³/mol. The second-order valence-corrected chi connectivity index (χ2v) is 6.80. The highest BCUT2D eigenvalue weighted by Crippen LogP contribution is 2.39. The molecule has 0 saturated carbocycles. The average Bonchev–Trinajstić information content (AvgIpc) is 3.32. The van der Waals surface area contributed by atoms with Crippen molar-refractivity contribution < 1.29 is 4.74 Å². The van der Waals surface area contributed by atoms with Gasteiger partial charge in [0.15, 0.2) is 5.11 Å². The summed E-state index contributed by atoms with van der Waals surface area (Å²) < 4.78 is 7.60. The minimum Gasteiger partial charge on any atom is -0.497 e. The summed E-state index contributed by atoms with van der Waals surface area (Å²) in [6, 6.07) is 18.3. The summed E-state index contributed by atoms with van der Waals surface area (Å²) in [7, 11) is 1.69. The molecule has 0 bridgehead atoms. The summed E-state index contributed by atoms with van der Waals surface area (Å²) in [5.41, 5.74) is 3.20. The molecule has 6 heteroatoms. The van der Waals surface area contributed by atoms with E-state index >= 15 is 0 Å². The summed E-state index contributed by atoms with van der Waals surface area (Å²) in [5.74, 6) is 0.834. The molecule has 2 aromatic heterocycles. The van der Waals surface area contributed by atoms with Gasteiger partial charge in [-0.3, -0.25) is 4.98 Å². The Morgan fingerprint density at radius 3 is 2.78 bits per heavy atom. The van der Waals surface area contributed by atoms with E-state index in [1.54, 1.807) is 7.11 Å². The first-order valence-corrected chi connectivity index (χ1v) is 9.43. The minimum absolute atomic E-state index is 0.00194. The molecule has 2 atom stereocenters. The molecular formula is C21H22N4OS. The molecule has 1 fully saturated rings. The maximum atomic E-state index is 5.63. The number of hydrogen-bond donors (Lipinski definition) is 1. The third-order valence-corrected chi connectivity index (χ3v) is 5.31. The van der Waals surface area contributed by atoms with Crippen molar-refractivity contribution in [1.29, 1.82) is 0 Å². The normalized spacial score (nSPS) is 19.2. The Labute approximate surface area is 164 Å². The Hall–Kier alpha value is -2.86. The van der Waals surface area contributed by atoms with Gasteiger partial charge in [0.1, 0.15) is 5.75 Å². The molecule has 1 N–H and O–H groups in total. The number of likely N-dealkylation sites (N-methyl/N-ethyl adjacent to an activating group) is 1. The highest BCUT2D eigenvalue weighted by atomic mass is 32.1. The third-order valence-electron chi connectivity index (χ3n) is 4.95. The Balaban J connectivity index is 1.80. The van der Waals surface area contributed by atoms with E-state index in [2.05, 4.69) is 51.1 Å². The molecule has 1 aromatic carbocycles. The van der Waals surface area contributed by atoms with Gasteiger partial charge in [-0.25, -0.2) is 0 Å². The smallest absolute Gasteiger partial charge is 0.170 e. The molecule has 1 saturated heterocycles. The molecule has 27 heavy (non-hydrogen) atoms. The van der Waals surface area contributed by atoms with Crippen molar-refractivity contribution in [3.05, 3.63) is 78.4 Å². The number of pyridine rings is 1. The van der Waals surface area contributed by atoms with Crippen molar-refractivity contribution in [3.63, 3.8) is 0 Å². The molecule has 5 nitrogen and oxygen atoms in total. The van der Waals surface area contributed by atoms with Gasteiger partial charge in [-0.15, -0.1) is 0 Å². The van der Waals surface area contributed by atoms with Crippen LogP contribution in [0.5, 0.6) is 5.75 Å². The molecule has 138 valence electrons. The van der Waals surface area contributed by atoms with Gasteiger partial charge in [-0.2, -0.15) is 0 Å². The number of methoxy groups -OCH3 is 1. The van der Waals surface area contributed by atoms with Gasteiger partial charge >= 0.3 is 0 Å². The van der Waals surface area contributed by atoms with Crippen molar-refractivity contribution in [2.45, 2.75) is 19.0 Å². The van der Waals surface area contributed by atoms with Crippen molar-refractivity contribution >= 4 is 17.3 Å². The van der Waals surface area contributed by atoms with Crippen molar-refractivity contribution in [3.8, 4) is 11.4 Å². The zero-order valence-corrected chi connectivity index (χ0v) is 16.2. The van der Waals surface area contributed by atoms with Crippen LogP contribution in [0.1, 0.15) is 30.4 Å². The Kier molecular flexibility index (Phi) is 4.81. The van der Waals surface area contributed by atoms with Crippen LogP contribution in [-0.2, 0) is 0 Å². The van der Waals surface area contributed by atoms with E-state index in [0.717, 1.165) is 34.5 Å². The molecule has 0 amide bonds. The summed E-state index contributed by atoms with van der Waals surface area (Å²) in [6.45, 7) is 2.95. The lowest BCUT2D eigenvalue weighted by atomic mass is 10.0. The first-order valence-electron chi connectivity index (χ1n) is 9.02. The number of rotatable bonds is 5. The fraction of sp³-hybridized carbons (Fsp3) is 0.238. The zero-order chi connectivity index (χ0) is 18.8. The van der Waals surface area contributed by atoms with Gasteiger partial charge in [-0.1, -0.05) is 12.1 Å². The lowest BCUT2D eigenvalue weighted by molar-refractivity contribution is 0.321. The van der Waals surface area contributed by atoms with Gasteiger partial charge in [0, 0.05) is 36.4 Å². The predicted octanol–water partition coefficient (Wildman–Crippen LogP) is 3.87. The average molecular weight is 379 g/mol. The molecule has 3 heterocycles. The van der Waals surface area contributed by atoms with Crippen molar-refractivity contribution in [1.82, 2.24) is 19.8 Å². The molecule has 0 unspecified atom stereocenters. The van der Waals surface area contributed by atoms with Crippen LogP contribution in [0.15, 0.2) is 67.0 Å². The molecular weight excluding hydrogens is 356 g/mol. The standard InChI is InChI=1S/C21H22N4OS/c1-3-24-20(19(23-21(24)27)17-10-4-5-12-22-17)18-11-7-13-25(18)15-8-6-9-16(14-15)26-2/h4-14,19-20H,3H2,1-2H3,(H,23,27)/t19-,20+/m1/s1. The first kappa shape index (κ1) is 17.5. The number of benzene rings is 1. The second kappa shape index (κ2) is 7.40. The van der Waals surface area contributed by atoms with Crippen molar-refractivity contribution in [2.75, 3.05) is 13.7 Å². The summed E-state index contributed by atoms with van der Waals surface area (Å²) >= 11 is 5.63. The Morgan fingerprint density at radius 1 is 1.15 bits per heavy atom. The van der Waals surface area contributed by atoms with Crippen LogP contribution in [0.2, 0.25) is 0 Å². The summed E-state index contributed by atoms with van der Waals surface area (Å²) in [5, 5.41) is 4.23. The zero-order valence-electron chi connectivity index (χ0n) is 15.4. The number of nitrogens with zero attached hydrogens (tertiary/aromatic N) is 3. The van der Waals surface area contributed by atoms with Gasteiger partial charge in [0.05, 0.1) is 24.9 Å². The van der Waals surface area contributed by atoms with E-state index in [9.17, 15) is 0 Å². The van der Waals surface area contributed by atoms with E-state index in [0.29, 0.717) is 0 Å². The molecule has 3 aromatic rings. The monoisotopic (exact) mass is 378 g/mol. The van der Waals surface area contributed by atoms with E-state index in [1.165, 1.54) is 0 Å². The summed E-state index contributed by atoms with van der Waals surface area (Å²) in [4.78, 5) is 6.80. The number of aromatic nitrogens is 2. The van der Waals surface area contributed by atoms with E-state index in [4.69, 9.17) is 17.0 Å². The fourth-order valence-corrected chi connectivity index (χ4v) is 4.07. The quantitative estimate of drug-likeness (QED) is 0.683. The van der Waals surface area contributed by atoms with Crippen LogP contribution >= 0.6 is 12.2 Å². The molecule has 0 aliphatic carbocycles. The van der Waals surface area contributed by atoms with E-state index in [1.807, 2.05) is 42.6 Å². The van der Waals surface area contributed by atoms with Crippen LogP contribution in [0.4, 0.5) is 0 Å². The first-order chi connectivity index (χ1) is 13.2. The van der Waals surface area contributed by atoms with Gasteiger partial charge < -0.3 is 19.5 Å². The van der Waals surface area contributed by atoms with Crippen LogP contribution in [-0.4, -0.2) is 33.2 Å². The van der Waals surface area contributed by atoms with E-state index in [-0.39, 0.29) is 12.1 Å². The van der Waals surface area contributed by atoms with Crippen LogP contribution < -0.4 is 10.1 Å². The SMILES string of the molecule is CCN1C(=S)N[C@H](c2ccccn2)[C@@H]1c1cccn1-c1cccc(OC)c1. The lowest BCUT2D eigenvalue weighted by Gasteiger charge is -2.28. The third kappa shape index (κ3) is 3.17. The lowest BCUT2D eigenvalue weighted by Crippen LogP contribution is -2.30. The van der Waals surface area contributed by atoms with Gasteiger partial charge in [-0.05, 0) is 55.5 Å². The van der Waals surface area contributed by atoms with Crippen LogP contribution in [0, 0.1) is 0 Å². The molecule has 4 rings (SSSR count).